The lowest BCUT2D eigenvalue weighted by Crippen LogP contribution is -2.42. The van der Waals surface area contributed by atoms with Crippen LogP contribution in [0.3, 0.4) is 0 Å². The van der Waals surface area contributed by atoms with E-state index in [1.54, 1.807) is 7.05 Å². The molecule has 0 heterocycles. The van der Waals surface area contributed by atoms with Gasteiger partial charge in [0, 0.05) is 33.3 Å². The van der Waals surface area contributed by atoms with Crippen molar-refractivity contribution in [2.24, 2.45) is 4.99 Å². The Morgan fingerprint density at radius 3 is 2.46 bits per heavy atom. The molecule has 0 unspecified atom stereocenters. The molecule has 0 atom stereocenters. The molecule has 0 aliphatic rings. The SMILES string of the molecule is CCOCCNC(=NC)NCCS(=O)(=O)NCc1ccccc1.I. The summed E-state index contributed by atoms with van der Waals surface area (Å²) in [5, 5.41) is 6.01. The summed E-state index contributed by atoms with van der Waals surface area (Å²) in [5.74, 6) is 0.536. The molecule has 0 aliphatic heterocycles. The van der Waals surface area contributed by atoms with Crippen molar-refractivity contribution in [1.82, 2.24) is 15.4 Å². The second-order valence-corrected chi connectivity index (χ2v) is 6.67. The van der Waals surface area contributed by atoms with Gasteiger partial charge in [0.25, 0.3) is 0 Å². The van der Waals surface area contributed by atoms with Crippen molar-refractivity contribution < 1.29 is 13.2 Å². The Bertz CT molecular complexity index is 567. The maximum absolute atomic E-state index is 11.9. The lowest BCUT2D eigenvalue weighted by Gasteiger charge is -2.12. The van der Waals surface area contributed by atoms with E-state index in [4.69, 9.17) is 4.74 Å². The molecule has 0 aliphatic carbocycles. The summed E-state index contributed by atoms with van der Waals surface area (Å²) >= 11 is 0. The van der Waals surface area contributed by atoms with Crippen molar-refractivity contribution in [3.05, 3.63) is 35.9 Å². The zero-order chi connectivity index (χ0) is 17.0. The van der Waals surface area contributed by atoms with Crippen LogP contribution in [0.5, 0.6) is 0 Å². The van der Waals surface area contributed by atoms with Crippen molar-refractivity contribution in [1.29, 1.82) is 0 Å². The Morgan fingerprint density at radius 2 is 1.83 bits per heavy atom. The van der Waals surface area contributed by atoms with E-state index >= 15 is 0 Å². The number of benzene rings is 1. The van der Waals surface area contributed by atoms with Gasteiger partial charge in [-0.05, 0) is 12.5 Å². The van der Waals surface area contributed by atoms with Crippen LogP contribution in [-0.2, 0) is 21.3 Å². The molecule has 0 fully saturated rings. The molecule has 1 aromatic carbocycles. The molecule has 0 aromatic heterocycles. The number of hydrogen-bond donors (Lipinski definition) is 3. The fourth-order valence-electron chi connectivity index (χ4n) is 1.77. The number of guanidine groups is 1. The van der Waals surface area contributed by atoms with Gasteiger partial charge in [0.15, 0.2) is 5.96 Å². The molecule has 1 aromatic rings. The zero-order valence-corrected chi connectivity index (χ0v) is 17.3. The molecule has 7 nitrogen and oxygen atoms in total. The Hall–Kier alpha value is -0.910. The smallest absolute Gasteiger partial charge is 0.213 e. The molecule has 3 N–H and O–H groups in total. The molecular weight excluding hydrogens is 443 g/mol. The highest BCUT2D eigenvalue weighted by Gasteiger charge is 2.10. The monoisotopic (exact) mass is 470 g/mol. The summed E-state index contributed by atoms with van der Waals surface area (Å²) in [4.78, 5) is 4.02. The second kappa shape index (κ2) is 13.4. The van der Waals surface area contributed by atoms with Crippen LogP contribution in [0, 0.1) is 0 Å². The highest BCUT2D eigenvalue weighted by molar-refractivity contribution is 14.0. The minimum absolute atomic E-state index is 0. The first-order valence-corrected chi connectivity index (χ1v) is 9.26. The van der Waals surface area contributed by atoms with Gasteiger partial charge in [-0.3, -0.25) is 4.99 Å². The first kappa shape index (κ1) is 23.1. The maximum atomic E-state index is 11.9. The van der Waals surface area contributed by atoms with E-state index in [2.05, 4.69) is 20.3 Å². The van der Waals surface area contributed by atoms with Crippen LogP contribution in [0.15, 0.2) is 35.3 Å². The first-order chi connectivity index (χ1) is 11.1. The highest BCUT2D eigenvalue weighted by atomic mass is 127. The molecule has 0 spiro atoms. The average molecular weight is 470 g/mol. The predicted octanol–water partition coefficient (Wildman–Crippen LogP) is 0.926. The summed E-state index contributed by atoms with van der Waals surface area (Å²) < 4.78 is 31.7. The third-order valence-electron chi connectivity index (χ3n) is 2.97. The van der Waals surface area contributed by atoms with E-state index < -0.39 is 10.0 Å². The summed E-state index contributed by atoms with van der Waals surface area (Å²) in [5.41, 5.74) is 0.928. The van der Waals surface area contributed by atoms with Gasteiger partial charge in [0.1, 0.15) is 0 Å². The third-order valence-corrected chi connectivity index (χ3v) is 4.29. The molecule has 0 saturated heterocycles. The number of hydrogen-bond acceptors (Lipinski definition) is 4. The Balaban J connectivity index is 0.00000529. The van der Waals surface area contributed by atoms with Crippen molar-refractivity contribution in [3.63, 3.8) is 0 Å². The molecule has 0 saturated carbocycles. The molecular formula is C15H27IN4O3S. The van der Waals surface area contributed by atoms with Gasteiger partial charge in [-0.25, -0.2) is 13.1 Å². The van der Waals surface area contributed by atoms with Crippen LogP contribution in [0.4, 0.5) is 0 Å². The maximum Gasteiger partial charge on any atom is 0.213 e. The van der Waals surface area contributed by atoms with Gasteiger partial charge >= 0.3 is 0 Å². The largest absolute Gasteiger partial charge is 0.380 e. The summed E-state index contributed by atoms with van der Waals surface area (Å²) in [6.07, 6.45) is 0. The number of nitrogens with one attached hydrogen (secondary N) is 3. The van der Waals surface area contributed by atoms with Gasteiger partial charge in [0.05, 0.1) is 12.4 Å². The standard InChI is InChI=1S/C15H26N4O3S.HI/c1-3-22-11-9-17-15(16-2)18-10-12-23(20,21)19-13-14-7-5-4-6-8-14;/h4-8,19H,3,9-13H2,1-2H3,(H2,16,17,18);1H. The number of aliphatic imine (C=N–C) groups is 1. The number of ether oxygens (including phenoxy) is 1. The quantitative estimate of drug-likeness (QED) is 0.205. The van der Waals surface area contributed by atoms with Gasteiger partial charge in [-0.1, -0.05) is 30.3 Å². The van der Waals surface area contributed by atoms with Crippen LogP contribution >= 0.6 is 24.0 Å². The number of rotatable bonds is 10. The van der Waals surface area contributed by atoms with Crippen molar-refractivity contribution in [3.8, 4) is 0 Å². The first-order valence-electron chi connectivity index (χ1n) is 7.61. The highest BCUT2D eigenvalue weighted by Crippen LogP contribution is 1.98. The molecule has 0 amide bonds. The Labute approximate surface area is 161 Å². The van der Waals surface area contributed by atoms with Gasteiger partial charge < -0.3 is 15.4 Å². The van der Waals surface area contributed by atoms with E-state index in [-0.39, 0.29) is 36.3 Å². The molecule has 138 valence electrons. The number of halogens is 1. The van der Waals surface area contributed by atoms with Crippen LogP contribution in [-0.4, -0.2) is 53.5 Å². The van der Waals surface area contributed by atoms with Crippen LogP contribution in [0.25, 0.3) is 0 Å². The summed E-state index contributed by atoms with van der Waals surface area (Å²) in [7, 11) is -1.70. The van der Waals surface area contributed by atoms with Crippen LogP contribution in [0.2, 0.25) is 0 Å². The fourth-order valence-corrected chi connectivity index (χ4v) is 2.67. The minimum atomic E-state index is -3.33. The topological polar surface area (TPSA) is 91.8 Å². The van der Waals surface area contributed by atoms with E-state index in [0.29, 0.717) is 32.3 Å². The van der Waals surface area contributed by atoms with E-state index in [1.807, 2.05) is 37.3 Å². The van der Waals surface area contributed by atoms with Gasteiger partial charge in [-0.2, -0.15) is 0 Å². The minimum Gasteiger partial charge on any atom is -0.380 e. The van der Waals surface area contributed by atoms with Gasteiger partial charge in [0.2, 0.25) is 10.0 Å². The van der Waals surface area contributed by atoms with Crippen molar-refractivity contribution in [2.45, 2.75) is 13.5 Å². The predicted molar refractivity (Wildman–Crippen MR) is 108 cm³/mol. The average Bonchev–Trinajstić information content (AvgIpc) is 2.56. The summed E-state index contributed by atoms with van der Waals surface area (Å²) in [6, 6.07) is 9.41. The van der Waals surface area contributed by atoms with Crippen LogP contribution in [0.1, 0.15) is 12.5 Å². The number of nitrogens with zero attached hydrogens (tertiary/aromatic N) is 1. The van der Waals surface area contributed by atoms with E-state index in [0.717, 1.165) is 5.56 Å². The van der Waals surface area contributed by atoms with Gasteiger partial charge in [-0.15, -0.1) is 24.0 Å². The lowest BCUT2D eigenvalue weighted by atomic mass is 10.2. The molecule has 1 rings (SSSR count). The molecule has 0 radical (unpaired) electrons. The third kappa shape index (κ3) is 10.8. The van der Waals surface area contributed by atoms with E-state index in [9.17, 15) is 8.42 Å². The summed E-state index contributed by atoms with van der Waals surface area (Å²) in [6.45, 7) is 4.36. The van der Waals surface area contributed by atoms with Crippen molar-refractivity contribution in [2.75, 3.05) is 39.1 Å². The molecule has 24 heavy (non-hydrogen) atoms. The normalized spacial score (nSPS) is 11.7. The zero-order valence-electron chi connectivity index (χ0n) is 14.1. The Kier molecular flexibility index (Phi) is 12.9. The molecule has 9 heteroatoms. The fraction of sp³-hybridized carbons (Fsp3) is 0.533. The van der Waals surface area contributed by atoms with Crippen LogP contribution < -0.4 is 15.4 Å². The van der Waals surface area contributed by atoms with Crippen molar-refractivity contribution >= 4 is 40.0 Å². The lowest BCUT2D eigenvalue weighted by molar-refractivity contribution is 0.152. The van der Waals surface area contributed by atoms with E-state index in [1.165, 1.54) is 0 Å². The number of sulfonamides is 1. The second-order valence-electron chi connectivity index (χ2n) is 4.75. The molecule has 0 bridgehead atoms. The Morgan fingerprint density at radius 1 is 1.17 bits per heavy atom.